The molecule has 0 aromatic rings. The smallest absolute Gasteiger partial charge is 0.230 e. The number of likely N-dealkylation sites (N-methyl/N-ethyl adjacent to an activating group) is 1. The van der Waals surface area contributed by atoms with Crippen molar-refractivity contribution >= 4 is 5.91 Å². The Labute approximate surface area is 104 Å². The fourth-order valence-corrected chi connectivity index (χ4v) is 2.83. The number of rotatable bonds is 5. The van der Waals surface area contributed by atoms with Crippen LogP contribution in [0.25, 0.3) is 0 Å². The summed E-state index contributed by atoms with van der Waals surface area (Å²) in [6, 6.07) is 0. The molecule has 0 bridgehead atoms. The minimum atomic E-state index is -0.850. The van der Waals surface area contributed by atoms with Crippen molar-refractivity contribution in [3.05, 3.63) is 0 Å². The normalized spacial score (nSPS) is 28.7. The Morgan fingerprint density at radius 3 is 2.35 bits per heavy atom. The molecule has 0 spiro atoms. The second-order valence-electron chi connectivity index (χ2n) is 6.13. The molecule has 1 fully saturated rings. The fourth-order valence-electron chi connectivity index (χ4n) is 2.83. The van der Waals surface area contributed by atoms with Crippen molar-refractivity contribution < 1.29 is 9.90 Å². The summed E-state index contributed by atoms with van der Waals surface area (Å²) in [6.07, 6.45) is 1.76. The van der Waals surface area contributed by atoms with Gasteiger partial charge in [0.25, 0.3) is 0 Å². The minimum absolute atomic E-state index is 0.114. The van der Waals surface area contributed by atoms with Gasteiger partial charge in [-0.2, -0.15) is 0 Å². The Bertz CT molecular complexity index is 278. The molecule has 1 aliphatic rings. The Kier molecular flexibility index (Phi) is 4.20. The summed E-state index contributed by atoms with van der Waals surface area (Å²) in [5.74, 6) is 0.700. The van der Waals surface area contributed by atoms with Crippen LogP contribution >= 0.6 is 0 Å². The summed E-state index contributed by atoms with van der Waals surface area (Å²) < 4.78 is 0. The summed E-state index contributed by atoms with van der Waals surface area (Å²) in [7, 11) is 0. The van der Waals surface area contributed by atoms with E-state index < -0.39 is 5.60 Å². The third kappa shape index (κ3) is 3.19. The van der Waals surface area contributed by atoms with Gasteiger partial charge >= 0.3 is 0 Å². The van der Waals surface area contributed by atoms with Gasteiger partial charge in [-0.1, -0.05) is 6.92 Å². The van der Waals surface area contributed by atoms with Gasteiger partial charge in [-0.25, -0.2) is 0 Å². The van der Waals surface area contributed by atoms with Crippen molar-refractivity contribution in [3.63, 3.8) is 0 Å². The van der Waals surface area contributed by atoms with Crippen molar-refractivity contribution in [2.75, 3.05) is 19.6 Å². The molecule has 0 radical (unpaired) electrons. The lowest BCUT2D eigenvalue weighted by Crippen LogP contribution is -2.56. The van der Waals surface area contributed by atoms with Crippen LogP contribution in [0.2, 0.25) is 0 Å². The molecule has 3 N–H and O–H groups in total. The monoisotopic (exact) mass is 242 g/mol. The molecule has 0 unspecified atom stereocenters. The van der Waals surface area contributed by atoms with Gasteiger partial charge in [-0.05, 0) is 39.5 Å². The molecule has 1 rings (SSSR count). The lowest BCUT2D eigenvalue weighted by Gasteiger charge is -2.47. The van der Waals surface area contributed by atoms with Crippen LogP contribution in [0, 0.1) is 11.3 Å². The summed E-state index contributed by atoms with van der Waals surface area (Å²) in [6.45, 7) is 8.95. The quantitative estimate of drug-likeness (QED) is 0.755. The maximum Gasteiger partial charge on any atom is 0.230 e. The van der Waals surface area contributed by atoms with Crippen LogP contribution in [0.3, 0.4) is 0 Å². The first kappa shape index (κ1) is 14.5. The predicted octanol–water partition coefficient (Wildman–Crippen LogP) is 0.981. The van der Waals surface area contributed by atoms with E-state index in [1.807, 2.05) is 6.92 Å². The first-order valence-corrected chi connectivity index (χ1v) is 6.46. The van der Waals surface area contributed by atoms with Crippen LogP contribution in [-0.4, -0.2) is 41.1 Å². The van der Waals surface area contributed by atoms with E-state index in [-0.39, 0.29) is 11.3 Å². The highest BCUT2D eigenvalue weighted by Crippen LogP contribution is 2.46. The topological polar surface area (TPSA) is 66.6 Å². The van der Waals surface area contributed by atoms with Gasteiger partial charge in [-0.3, -0.25) is 4.79 Å². The molecule has 1 saturated carbocycles. The maximum absolute atomic E-state index is 12.5. The summed E-state index contributed by atoms with van der Waals surface area (Å²) in [5.41, 5.74) is 4.57. The SMILES string of the molecule is CCN(CC(C)(C)O)C(=O)C1(CN)CC(C)C1. The average molecular weight is 242 g/mol. The molecule has 0 aliphatic heterocycles. The number of carbonyl (C=O) groups is 1. The van der Waals surface area contributed by atoms with Crippen LogP contribution in [0.5, 0.6) is 0 Å². The largest absolute Gasteiger partial charge is 0.389 e. The van der Waals surface area contributed by atoms with Gasteiger partial charge in [-0.15, -0.1) is 0 Å². The molecule has 4 heteroatoms. The van der Waals surface area contributed by atoms with Crippen LogP contribution < -0.4 is 5.73 Å². The Hall–Kier alpha value is -0.610. The summed E-state index contributed by atoms with van der Waals surface area (Å²) in [5, 5.41) is 9.82. The molecule has 1 amide bonds. The van der Waals surface area contributed by atoms with Gasteiger partial charge in [0.1, 0.15) is 0 Å². The van der Waals surface area contributed by atoms with E-state index >= 15 is 0 Å². The first-order valence-electron chi connectivity index (χ1n) is 6.46. The Balaban J connectivity index is 2.72. The van der Waals surface area contributed by atoms with Crippen LogP contribution in [0.4, 0.5) is 0 Å². The van der Waals surface area contributed by atoms with Gasteiger partial charge in [0.2, 0.25) is 5.91 Å². The molecule has 100 valence electrons. The number of hydrogen-bond acceptors (Lipinski definition) is 3. The number of aliphatic hydroxyl groups is 1. The van der Waals surface area contributed by atoms with E-state index in [2.05, 4.69) is 6.92 Å². The first-order chi connectivity index (χ1) is 7.74. The predicted molar refractivity (Wildman–Crippen MR) is 68.4 cm³/mol. The third-order valence-corrected chi connectivity index (χ3v) is 3.57. The van der Waals surface area contributed by atoms with E-state index in [1.54, 1.807) is 18.7 Å². The van der Waals surface area contributed by atoms with Gasteiger partial charge in [0.15, 0.2) is 0 Å². The van der Waals surface area contributed by atoms with Crippen molar-refractivity contribution in [1.82, 2.24) is 4.90 Å². The lowest BCUT2D eigenvalue weighted by atomic mass is 9.61. The molecule has 17 heavy (non-hydrogen) atoms. The molecule has 0 saturated heterocycles. The highest BCUT2D eigenvalue weighted by atomic mass is 16.3. The molecule has 0 aromatic heterocycles. The van der Waals surface area contributed by atoms with Gasteiger partial charge in [0, 0.05) is 19.6 Å². The van der Waals surface area contributed by atoms with Crippen molar-refractivity contribution in [2.45, 2.75) is 46.1 Å². The van der Waals surface area contributed by atoms with E-state index in [0.717, 1.165) is 12.8 Å². The number of hydrogen-bond donors (Lipinski definition) is 2. The van der Waals surface area contributed by atoms with E-state index in [9.17, 15) is 9.90 Å². The van der Waals surface area contributed by atoms with E-state index in [1.165, 1.54) is 0 Å². The second-order valence-corrected chi connectivity index (χ2v) is 6.13. The molecule has 0 aromatic carbocycles. The maximum atomic E-state index is 12.5. The number of amides is 1. The zero-order chi connectivity index (χ0) is 13.3. The van der Waals surface area contributed by atoms with E-state index in [0.29, 0.717) is 25.6 Å². The fraction of sp³-hybridized carbons (Fsp3) is 0.923. The van der Waals surface area contributed by atoms with Gasteiger partial charge in [0.05, 0.1) is 11.0 Å². The molecular formula is C13H26N2O2. The third-order valence-electron chi connectivity index (χ3n) is 3.57. The van der Waals surface area contributed by atoms with Crippen molar-refractivity contribution in [1.29, 1.82) is 0 Å². The van der Waals surface area contributed by atoms with Crippen LogP contribution in [-0.2, 0) is 4.79 Å². The Morgan fingerprint density at radius 1 is 1.53 bits per heavy atom. The zero-order valence-corrected chi connectivity index (χ0v) is 11.5. The molecule has 0 heterocycles. The van der Waals surface area contributed by atoms with Crippen molar-refractivity contribution in [3.8, 4) is 0 Å². The number of nitrogens with zero attached hydrogens (tertiary/aromatic N) is 1. The zero-order valence-electron chi connectivity index (χ0n) is 11.5. The Morgan fingerprint density at radius 2 is 2.06 bits per heavy atom. The minimum Gasteiger partial charge on any atom is -0.389 e. The number of carbonyl (C=O) groups excluding carboxylic acids is 1. The van der Waals surface area contributed by atoms with Gasteiger partial charge < -0.3 is 15.7 Å². The molecule has 1 aliphatic carbocycles. The lowest BCUT2D eigenvalue weighted by molar-refractivity contribution is -0.152. The summed E-state index contributed by atoms with van der Waals surface area (Å²) in [4.78, 5) is 14.2. The molecule has 0 atom stereocenters. The van der Waals surface area contributed by atoms with Crippen molar-refractivity contribution in [2.24, 2.45) is 17.1 Å². The average Bonchev–Trinajstić information content (AvgIpc) is 2.18. The second kappa shape index (κ2) is 4.94. The summed E-state index contributed by atoms with van der Waals surface area (Å²) >= 11 is 0. The standard InChI is InChI=1S/C13H26N2O2/c1-5-15(9-12(3,4)17)11(16)13(8-14)6-10(2)7-13/h10,17H,5-9,14H2,1-4H3. The highest BCUT2D eigenvalue weighted by molar-refractivity contribution is 5.84. The molecular weight excluding hydrogens is 216 g/mol. The van der Waals surface area contributed by atoms with Crippen LogP contribution in [0.15, 0.2) is 0 Å². The van der Waals surface area contributed by atoms with E-state index in [4.69, 9.17) is 5.73 Å². The highest BCUT2D eigenvalue weighted by Gasteiger charge is 2.49. The number of nitrogens with two attached hydrogens (primary N) is 1. The van der Waals surface area contributed by atoms with Crippen LogP contribution in [0.1, 0.15) is 40.5 Å². The molecule has 4 nitrogen and oxygen atoms in total.